The molecular weight excluding hydrogens is 60.1 g/mol. The summed E-state index contributed by atoms with van der Waals surface area (Å²) in [6.07, 6.45) is 0.722. The van der Waals surface area contributed by atoms with Crippen molar-refractivity contribution >= 4 is 0 Å². The molecule has 5 heavy (non-hydrogen) atoms. The van der Waals surface area contributed by atoms with Crippen LogP contribution in [0.5, 0.6) is 0 Å². The van der Waals surface area contributed by atoms with Crippen molar-refractivity contribution in [1.29, 1.82) is 0 Å². The van der Waals surface area contributed by atoms with Gasteiger partial charge in [0, 0.05) is 2.74 Å². The summed E-state index contributed by atoms with van der Waals surface area (Å²) in [6.45, 7) is 0.812. The van der Waals surface area contributed by atoms with Crippen molar-refractivity contribution in [3.63, 3.8) is 0 Å². The molecule has 0 atom stereocenters. The van der Waals surface area contributed by atoms with Crippen molar-refractivity contribution in [1.82, 2.24) is 0 Å². The van der Waals surface area contributed by atoms with E-state index in [9.17, 15) is 0 Å². The van der Waals surface area contributed by atoms with Gasteiger partial charge in [0.25, 0.3) is 0 Å². The molecule has 0 radical (unpaired) electrons. The minimum absolute atomic E-state index is 0. The summed E-state index contributed by atoms with van der Waals surface area (Å²) in [5.41, 5.74) is 0. The second-order valence-corrected chi connectivity index (χ2v) is 0.354. The molecule has 0 rings (SSSR count). The maximum atomic E-state index is 6.48. The van der Waals surface area contributed by atoms with Gasteiger partial charge >= 0.3 is 0 Å². The zero-order valence-corrected chi connectivity index (χ0v) is 2.12. The van der Waals surface area contributed by atoms with Gasteiger partial charge in [-0.2, -0.15) is 0 Å². The molecule has 0 spiro atoms. The topological polar surface area (TPSA) is 0 Å². The van der Waals surface area contributed by atoms with Crippen LogP contribution in [0.15, 0.2) is 0 Å². The highest BCUT2D eigenvalue weighted by Gasteiger charge is 1.35. The molecule has 36 valence electrons. The lowest BCUT2D eigenvalue weighted by molar-refractivity contribution is 1.09. The van der Waals surface area contributed by atoms with E-state index in [0.29, 0.717) is 13.8 Å². The zero-order valence-electron chi connectivity index (χ0n) is 4.12. The molecule has 0 saturated heterocycles. The van der Waals surface area contributed by atoms with E-state index in [1.165, 1.54) is 0 Å². The van der Waals surface area contributed by atoms with Crippen LogP contribution in [0.2, 0.25) is 0 Å². The van der Waals surface area contributed by atoms with Gasteiger partial charge in [-0.05, 0) is 0 Å². The summed E-state index contributed by atoms with van der Waals surface area (Å²) in [4.78, 5) is 0. The maximum Gasteiger partial charge on any atom is 0.0230 e. The van der Waals surface area contributed by atoms with Crippen LogP contribution >= 0.6 is 0 Å². The highest BCUT2D eigenvalue weighted by atomic mass is 13.4. The molecule has 0 aliphatic rings. The summed E-state index contributed by atoms with van der Waals surface area (Å²) in [7, 11) is 0. The molecule has 0 aromatic rings. The average Bonchev–Trinajstić information content (AvgIpc) is 1.41. The van der Waals surface area contributed by atoms with E-state index in [1.807, 2.05) is 0 Å². The van der Waals surface area contributed by atoms with Crippen LogP contribution in [0, 0.1) is 0 Å². The number of hydrogen-bond acceptors (Lipinski definition) is 0. The molecule has 0 unspecified atom stereocenters. The SMILES string of the molecule is C.C.[3H]CCC[3H]. The fraction of sp³-hybridized carbons (Fsp3) is 1.00. The summed E-state index contributed by atoms with van der Waals surface area (Å²) in [5, 5.41) is 0. The maximum absolute atomic E-state index is 6.48. The molecular formula is C5H16. The fourth-order valence-corrected chi connectivity index (χ4v) is 0. The molecule has 0 amide bonds. The largest absolute Gasteiger partial charge is 0.0776 e. The number of rotatable bonds is 0. The Bertz CT molecular complexity index is 13.6. The highest BCUT2D eigenvalue weighted by molar-refractivity contribution is 3.92. The van der Waals surface area contributed by atoms with E-state index in [4.69, 9.17) is 2.74 Å². The minimum atomic E-state index is 0. The van der Waals surface area contributed by atoms with Gasteiger partial charge in [-0.3, -0.25) is 0 Å². The minimum Gasteiger partial charge on any atom is -0.0776 e. The molecule has 0 aliphatic carbocycles. The second-order valence-electron chi connectivity index (χ2n) is 0.354. The Labute approximate surface area is 39.0 Å². The summed E-state index contributed by atoms with van der Waals surface area (Å²) in [5.74, 6) is 0. The van der Waals surface area contributed by atoms with E-state index in [0.717, 1.165) is 6.42 Å². The molecule has 0 saturated carbocycles. The lowest BCUT2D eigenvalue weighted by Crippen LogP contribution is -1.27. The van der Waals surface area contributed by atoms with Gasteiger partial charge in [0.05, 0.1) is 0 Å². The molecule has 0 heteroatoms. The van der Waals surface area contributed by atoms with Gasteiger partial charge in [0.15, 0.2) is 0 Å². The van der Waals surface area contributed by atoms with Gasteiger partial charge in [0.1, 0.15) is 0 Å². The molecule has 0 fully saturated rings. The van der Waals surface area contributed by atoms with Crippen LogP contribution in [-0.4, -0.2) is 0 Å². The molecule has 0 aliphatic heterocycles. The first-order valence-corrected chi connectivity index (χ1v) is 1.000. The van der Waals surface area contributed by atoms with Crippen LogP contribution in [0.4, 0.5) is 0 Å². The Hall–Kier alpha value is 0. The fourth-order valence-electron chi connectivity index (χ4n) is 0. The Morgan fingerprint density at radius 2 is 1.80 bits per heavy atom. The third-order valence-corrected chi connectivity index (χ3v) is 0. The highest BCUT2D eigenvalue weighted by Crippen LogP contribution is 1.56. The van der Waals surface area contributed by atoms with Crippen molar-refractivity contribution in [2.24, 2.45) is 0 Å². The Morgan fingerprint density at radius 3 is 1.80 bits per heavy atom. The molecule has 0 heterocycles. The first-order chi connectivity index (χ1) is 2.41. The lowest BCUT2D eigenvalue weighted by Gasteiger charge is -1.48. The molecule has 0 aromatic carbocycles. The summed E-state index contributed by atoms with van der Waals surface area (Å²) in [6, 6.07) is 0. The Balaban J connectivity index is -0.0000000800. The van der Waals surface area contributed by atoms with Crippen molar-refractivity contribution in [2.75, 3.05) is 0 Å². The molecule has 0 bridgehead atoms. The molecule has 0 nitrogen and oxygen atoms in total. The zero-order chi connectivity index (χ0) is 4.12. The Morgan fingerprint density at radius 1 is 1.40 bits per heavy atom. The van der Waals surface area contributed by atoms with E-state index < -0.39 is 0 Å². The first kappa shape index (κ1) is 5.00. The number of hydrogen-bond donors (Lipinski definition) is 0. The van der Waals surface area contributed by atoms with E-state index >= 15 is 0 Å². The second kappa shape index (κ2) is 36.0. The van der Waals surface area contributed by atoms with Crippen LogP contribution < -0.4 is 0 Å². The van der Waals surface area contributed by atoms with E-state index in [2.05, 4.69) is 0 Å². The quantitative estimate of drug-likeness (QED) is 0.419. The standard InChI is InChI=1S/C3H8.2CH4/c1-3-2;;/h3H2,1-2H3;2*1H4/i1T,2T;;. The van der Waals surface area contributed by atoms with Gasteiger partial charge in [0.2, 0.25) is 0 Å². The smallest absolute Gasteiger partial charge is 0.0230 e. The van der Waals surface area contributed by atoms with Crippen molar-refractivity contribution in [3.8, 4) is 0 Å². The van der Waals surface area contributed by atoms with Crippen LogP contribution in [0.1, 0.15) is 37.8 Å². The van der Waals surface area contributed by atoms with Gasteiger partial charge in [-0.15, -0.1) is 0 Å². The third kappa shape index (κ3) is 0. The van der Waals surface area contributed by atoms with Crippen molar-refractivity contribution in [2.45, 2.75) is 35.1 Å². The predicted octanol–water partition coefficient (Wildman–Crippen LogP) is 2.69. The first-order valence-electron chi connectivity index (χ1n) is 2.41. The van der Waals surface area contributed by atoms with E-state index in [1.54, 1.807) is 0 Å². The van der Waals surface area contributed by atoms with Gasteiger partial charge < -0.3 is 0 Å². The summed E-state index contributed by atoms with van der Waals surface area (Å²) < 4.78 is 13.0. The van der Waals surface area contributed by atoms with Crippen LogP contribution in [-0.2, 0) is 0 Å². The van der Waals surface area contributed by atoms with Crippen LogP contribution in [0.3, 0.4) is 0 Å². The third-order valence-electron chi connectivity index (χ3n) is 0. The predicted molar refractivity (Wildman–Crippen MR) is 29.4 cm³/mol. The average molecular weight is 80.2 g/mol. The molecule has 0 aromatic heterocycles. The van der Waals surface area contributed by atoms with Crippen molar-refractivity contribution in [3.05, 3.63) is 0 Å². The Kier molecular flexibility index (Phi) is 36.0. The van der Waals surface area contributed by atoms with Crippen molar-refractivity contribution < 1.29 is 2.74 Å². The van der Waals surface area contributed by atoms with Gasteiger partial charge in [-0.1, -0.05) is 35.1 Å². The molecule has 0 N–H and O–H groups in total. The normalized spacial score (nSPS) is 8.80. The summed E-state index contributed by atoms with van der Waals surface area (Å²) >= 11 is 0. The monoisotopic (exact) mass is 80.1 g/mol. The van der Waals surface area contributed by atoms with Crippen LogP contribution in [0.25, 0.3) is 0 Å². The lowest BCUT2D eigenvalue weighted by atomic mass is 10.6. The van der Waals surface area contributed by atoms with Gasteiger partial charge in [-0.25, -0.2) is 0 Å². The van der Waals surface area contributed by atoms with E-state index in [-0.39, 0.29) is 14.9 Å².